The fraction of sp³-hybridized carbons (Fsp3) is 0.875. The summed E-state index contributed by atoms with van der Waals surface area (Å²) >= 11 is 0. The molecule has 0 radical (unpaired) electrons. The Kier molecular flexibility index (Phi) is 26.9. The summed E-state index contributed by atoms with van der Waals surface area (Å²) in [7, 11) is 4.35. The Bertz CT molecular complexity index is 420. The van der Waals surface area contributed by atoms with Crippen molar-refractivity contribution in [2.24, 2.45) is 0 Å². The molecule has 196 valence electrons. The molecule has 0 aromatic carbocycles. The molecule has 0 unspecified atom stereocenters. The minimum absolute atomic E-state index is 1.30. The van der Waals surface area contributed by atoms with Crippen molar-refractivity contribution in [3.05, 3.63) is 23.9 Å². The van der Waals surface area contributed by atoms with Crippen LogP contribution in [-0.2, 0) is 0 Å². The first-order chi connectivity index (χ1) is 16.2. The van der Waals surface area contributed by atoms with E-state index in [9.17, 15) is 0 Å². The number of allylic oxidation sites excluding steroid dienone is 3. The van der Waals surface area contributed by atoms with Gasteiger partial charge in [0, 0.05) is 14.1 Å². The molecule has 1 nitrogen and oxygen atoms in total. The summed E-state index contributed by atoms with van der Waals surface area (Å²) < 4.78 is 0. The normalized spacial score (nSPS) is 12.2. The van der Waals surface area contributed by atoms with Crippen LogP contribution in [0.25, 0.3) is 0 Å². The zero-order valence-electron chi connectivity index (χ0n) is 23.6. The van der Waals surface area contributed by atoms with Crippen LogP contribution in [0.2, 0.25) is 0 Å². The third kappa shape index (κ3) is 27.4. The van der Waals surface area contributed by atoms with E-state index in [0.717, 1.165) is 0 Å². The van der Waals surface area contributed by atoms with Crippen LogP contribution in [0.4, 0.5) is 0 Å². The Balaban J connectivity index is 3.53. The first-order valence-electron chi connectivity index (χ1n) is 15.2. The average Bonchev–Trinajstić information content (AvgIpc) is 2.80. The van der Waals surface area contributed by atoms with Gasteiger partial charge in [0.15, 0.2) is 0 Å². The zero-order chi connectivity index (χ0) is 24.2. The Morgan fingerprint density at radius 2 is 0.788 bits per heavy atom. The summed E-state index contributed by atoms with van der Waals surface area (Å²) in [6.45, 7) is 4.59. The van der Waals surface area contributed by atoms with Gasteiger partial charge in [-0.15, -0.1) is 0 Å². The van der Waals surface area contributed by atoms with Gasteiger partial charge in [0.2, 0.25) is 0 Å². The van der Waals surface area contributed by atoms with Crippen molar-refractivity contribution in [1.29, 1.82) is 0 Å². The van der Waals surface area contributed by atoms with E-state index < -0.39 is 0 Å². The van der Waals surface area contributed by atoms with Gasteiger partial charge in [-0.2, -0.15) is 0 Å². The van der Waals surface area contributed by atoms with E-state index in [2.05, 4.69) is 51.2 Å². The molecule has 0 aliphatic heterocycles. The number of rotatable bonds is 26. The van der Waals surface area contributed by atoms with Gasteiger partial charge in [-0.3, -0.25) is 0 Å². The van der Waals surface area contributed by atoms with E-state index in [4.69, 9.17) is 0 Å². The minimum Gasteiger partial charge on any atom is -0.384 e. The lowest BCUT2D eigenvalue weighted by atomic mass is 9.99. The molecule has 0 atom stereocenters. The molecule has 0 N–H and O–H groups in total. The molecule has 1 heteroatoms. The molecule has 0 aromatic heterocycles. The topological polar surface area (TPSA) is 3.24 Å². The molecule has 0 fully saturated rings. The highest BCUT2D eigenvalue weighted by Crippen LogP contribution is 2.19. The molecule has 33 heavy (non-hydrogen) atoms. The number of hydrogen-bond donors (Lipinski definition) is 0. The molecule has 0 aromatic rings. The van der Waals surface area contributed by atoms with E-state index in [1.807, 2.05) is 0 Å². The van der Waals surface area contributed by atoms with Crippen molar-refractivity contribution in [2.45, 2.75) is 168 Å². The predicted octanol–water partition coefficient (Wildman–Crippen LogP) is 11.4. The molecule has 0 spiro atoms. The number of unbranched alkanes of at least 4 members (excludes halogenated alkanes) is 19. The standard InChI is InChI=1S/C32H63N/c1-5-7-9-11-13-14-15-16-17-18-19-20-21-22-24-26-28-30-32(31-33(3)4)29-27-25-23-12-10-8-6-2/h16-17,31H,5-15,18-30H2,1-4H3/b17-16-,32-31?. The van der Waals surface area contributed by atoms with Gasteiger partial charge in [-0.25, -0.2) is 0 Å². The van der Waals surface area contributed by atoms with E-state index in [0.29, 0.717) is 0 Å². The Morgan fingerprint density at radius 1 is 0.455 bits per heavy atom. The average molecular weight is 462 g/mol. The Hall–Kier alpha value is -0.720. The van der Waals surface area contributed by atoms with Gasteiger partial charge in [0.05, 0.1) is 0 Å². The highest BCUT2D eigenvalue weighted by Gasteiger charge is 2.01. The molecule has 0 heterocycles. The van der Waals surface area contributed by atoms with Gasteiger partial charge >= 0.3 is 0 Å². The first kappa shape index (κ1) is 32.3. The van der Waals surface area contributed by atoms with Crippen molar-refractivity contribution in [1.82, 2.24) is 4.90 Å². The zero-order valence-corrected chi connectivity index (χ0v) is 23.6. The maximum absolute atomic E-state index is 2.44. The largest absolute Gasteiger partial charge is 0.384 e. The van der Waals surface area contributed by atoms with Crippen LogP contribution in [0.1, 0.15) is 168 Å². The van der Waals surface area contributed by atoms with Gasteiger partial charge < -0.3 is 4.90 Å². The summed E-state index contributed by atoms with van der Waals surface area (Å²) in [5.41, 5.74) is 1.68. The quantitative estimate of drug-likeness (QED) is 0.0914. The fourth-order valence-electron chi connectivity index (χ4n) is 4.70. The van der Waals surface area contributed by atoms with Crippen molar-refractivity contribution >= 4 is 0 Å². The highest BCUT2D eigenvalue weighted by atomic mass is 15.0. The molecule has 0 saturated carbocycles. The molecule has 0 saturated heterocycles. The second-order valence-electron chi connectivity index (χ2n) is 10.7. The molecule has 0 rings (SSSR count). The van der Waals surface area contributed by atoms with Crippen LogP contribution in [0.15, 0.2) is 23.9 Å². The monoisotopic (exact) mass is 461 g/mol. The lowest BCUT2D eigenvalue weighted by molar-refractivity contribution is 0.532. The van der Waals surface area contributed by atoms with Crippen LogP contribution in [0.5, 0.6) is 0 Å². The molecule has 0 aliphatic carbocycles. The second-order valence-corrected chi connectivity index (χ2v) is 10.7. The molecule has 0 bridgehead atoms. The third-order valence-corrected chi connectivity index (χ3v) is 6.80. The van der Waals surface area contributed by atoms with E-state index in [1.165, 1.54) is 154 Å². The number of nitrogens with zero attached hydrogens (tertiary/aromatic N) is 1. The molecule has 0 amide bonds. The van der Waals surface area contributed by atoms with Crippen LogP contribution < -0.4 is 0 Å². The van der Waals surface area contributed by atoms with Crippen LogP contribution in [-0.4, -0.2) is 19.0 Å². The first-order valence-corrected chi connectivity index (χ1v) is 15.2. The van der Waals surface area contributed by atoms with Crippen LogP contribution >= 0.6 is 0 Å². The maximum Gasteiger partial charge on any atom is 0.00556 e. The van der Waals surface area contributed by atoms with E-state index >= 15 is 0 Å². The van der Waals surface area contributed by atoms with Crippen molar-refractivity contribution < 1.29 is 0 Å². The molecule has 0 aliphatic rings. The molecular formula is C32H63N. The van der Waals surface area contributed by atoms with Gasteiger partial charge in [0.1, 0.15) is 0 Å². The van der Waals surface area contributed by atoms with Gasteiger partial charge in [0.25, 0.3) is 0 Å². The third-order valence-electron chi connectivity index (χ3n) is 6.80. The summed E-state index contributed by atoms with van der Waals surface area (Å²) in [6.07, 6.45) is 40.8. The minimum atomic E-state index is 1.30. The number of hydrogen-bond acceptors (Lipinski definition) is 1. The second kappa shape index (κ2) is 27.5. The SMILES string of the molecule is CCCCCCCC/C=C\CCCCCCCCCC(=CN(C)C)CCCCCCCCC. The highest BCUT2D eigenvalue weighted by molar-refractivity contribution is 5.00. The van der Waals surface area contributed by atoms with Gasteiger partial charge in [-0.1, -0.05) is 134 Å². The lowest BCUT2D eigenvalue weighted by Crippen LogP contribution is -2.03. The Labute approximate surface area is 210 Å². The van der Waals surface area contributed by atoms with Crippen molar-refractivity contribution in [3.8, 4) is 0 Å². The lowest BCUT2D eigenvalue weighted by Gasteiger charge is -2.12. The summed E-state index contributed by atoms with van der Waals surface area (Å²) in [5, 5.41) is 0. The maximum atomic E-state index is 2.44. The summed E-state index contributed by atoms with van der Waals surface area (Å²) in [6, 6.07) is 0. The van der Waals surface area contributed by atoms with Crippen LogP contribution in [0, 0.1) is 0 Å². The van der Waals surface area contributed by atoms with E-state index in [1.54, 1.807) is 5.57 Å². The summed E-state index contributed by atoms with van der Waals surface area (Å²) in [4.78, 5) is 2.25. The smallest absolute Gasteiger partial charge is 0.00556 e. The predicted molar refractivity (Wildman–Crippen MR) is 153 cm³/mol. The van der Waals surface area contributed by atoms with Crippen molar-refractivity contribution in [3.63, 3.8) is 0 Å². The Morgan fingerprint density at radius 3 is 1.15 bits per heavy atom. The van der Waals surface area contributed by atoms with Crippen LogP contribution in [0.3, 0.4) is 0 Å². The van der Waals surface area contributed by atoms with Crippen molar-refractivity contribution in [2.75, 3.05) is 14.1 Å². The van der Waals surface area contributed by atoms with Gasteiger partial charge in [-0.05, 0) is 57.6 Å². The fourth-order valence-corrected chi connectivity index (χ4v) is 4.70. The summed E-state index contributed by atoms with van der Waals surface area (Å²) in [5.74, 6) is 0. The van der Waals surface area contributed by atoms with E-state index in [-0.39, 0.29) is 0 Å². The molecular weight excluding hydrogens is 398 g/mol.